The summed E-state index contributed by atoms with van der Waals surface area (Å²) >= 11 is 0. The zero-order valence-corrected chi connectivity index (χ0v) is 8.86. The first-order valence-corrected chi connectivity index (χ1v) is 4.66. The topological polar surface area (TPSA) is 24.1 Å². The molecule has 0 spiro atoms. The van der Waals surface area contributed by atoms with Gasteiger partial charge in [-0.2, -0.15) is 0 Å². The van der Waals surface area contributed by atoms with E-state index in [0.717, 1.165) is 6.54 Å². The smallest absolute Gasteiger partial charge is 0.0544 e. The van der Waals surface area contributed by atoms with Crippen molar-refractivity contribution < 1.29 is 0 Å². The molecular weight excluding hydrogens is 136 g/mol. The Morgan fingerprint density at radius 1 is 1.09 bits per heavy atom. The van der Waals surface area contributed by atoms with Crippen molar-refractivity contribution in [2.45, 2.75) is 53.8 Å². The van der Waals surface area contributed by atoms with Crippen LogP contribution in [-0.2, 0) is 0 Å². The monoisotopic (exact) mass is 160 g/mol. The highest BCUT2D eigenvalue weighted by atomic mass is 15.1. The molecule has 0 aromatic heterocycles. The van der Waals surface area contributed by atoms with E-state index >= 15 is 0 Å². The minimum atomic E-state index is 0.440. The zero-order chi connectivity index (χ0) is 9.28. The molecule has 0 aliphatic heterocycles. The lowest BCUT2D eigenvalue weighted by atomic mass is 10.4. The molecule has 0 saturated carbocycles. The zero-order valence-electron chi connectivity index (χ0n) is 8.86. The van der Waals surface area contributed by atoms with Crippen LogP contribution in [0.25, 0.3) is 0 Å². The summed E-state index contributed by atoms with van der Waals surface area (Å²) in [6, 6.07) is 0.569. The van der Waals surface area contributed by atoms with Gasteiger partial charge in [0.1, 0.15) is 0 Å². The van der Waals surface area contributed by atoms with Gasteiger partial charge in [-0.15, -0.1) is 0 Å². The van der Waals surface area contributed by atoms with Crippen molar-refractivity contribution in [1.29, 1.82) is 0 Å². The average Bonchev–Trinajstić information content (AvgIpc) is 1.91. The standard InChI is InChI=1S/C7H18N2.C2H6/c1-5-8-7(4)9-6(2)3;1-2/h6-9H,5H2,1-4H3;1-2H3. The quantitative estimate of drug-likeness (QED) is 0.614. The van der Waals surface area contributed by atoms with Gasteiger partial charge in [-0.3, -0.25) is 5.32 Å². The highest BCUT2D eigenvalue weighted by molar-refractivity contribution is 4.59. The van der Waals surface area contributed by atoms with Gasteiger partial charge in [-0.25, -0.2) is 0 Å². The summed E-state index contributed by atoms with van der Waals surface area (Å²) in [4.78, 5) is 0. The fourth-order valence-electron chi connectivity index (χ4n) is 0.865. The first-order valence-electron chi connectivity index (χ1n) is 4.66. The molecule has 0 radical (unpaired) electrons. The van der Waals surface area contributed by atoms with Gasteiger partial charge in [0.15, 0.2) is 0 Å². The first-order chi connectivity index (χ1) is 5.16. The highest BCUT2D eigenvalue weighted by Crippen LogP contribution is 1.79. The van der Waals surface area contributed by atoms with Gasteiger partial charge in [0.25, 0.3) is 0 Å². The Labute approximate surface area is 71.8 Å². The van der Waals surface area contributed by atoms with Crippen LogP contribution in [-0.4, -0.2) is 18.8 Å². The molecule has 70 valence electrons. The summed E-state index contributed by atoms with van der Waals surface area (Å²) in [7, 11) is 0. The van der Waals surface area contributed by atoms with Crippen molar-refractivity contribution in [1.82, 2.24) is 10.6 Å². The van der Waals surface area contributed by atoms with E-state index in [1.807, 2.05) is 13.8 Å². The van der Waals surface area contributed by atoms with E-state index in [-0.39, 0.29) is 0 Å². The molecule has 0 bridgehead atoms. The predicted octanol–water partition coefficient (Wildman–Crippen LogP) is 1.97. The van der Waals surface area contributed by atoms with Crippen LogP contribution < -0.4 is 10.6 Å². The van der Waals surface area contributed by atoms with E-state index in [1.54, 1.807) is 0 Å². The van der Waals surface area contributed by atoms with Crippen LogP contribution in [0.4, 0.5) is 0 Å². The molecule has 11 heavy (non-hydrogen) atoms. The minimum absolute atomic E-state index is 0.440. The fourth-order valence-corrected chi connectivity index (χ4v) is 0.865. The Balaban J connectivity index is 0. The minimum Gasteiger partial charge on any atom is -0.302 e. The van der Waals surface area contributed by atoms with Gasteiger partial charge in [0.2, 0.25) is 0 Å². The van der Waals surface area contributed by atoms with Crippen molar-refractivity contribution in [2.75, 3.05) is 6.54 Å². The van der Waals surface area contributed by atoms with Crippen molar-refractivity contribution in [3.8, 4) is 0 Å². The highest BCUT2D eigenvalue weighted by Gasteiger charge is 1.98. The van der Waals surface area contributed by atoms with Crippen LogP contribution >= 0.6 is 0 Å². The van der Waals surface area contributed by atoms with Gasteiger partial charge in [-0.05, 0) is 27.3 Å². The molecule has 0 saturated heterocycles. The third kappa shape index (κ3) is 13.0. The van der Waals surface area contributed by atoms with Crippen LogP contribution in [0.5, 0.6) is 0 Å². The molecule has 2 nitrogen and oxygen atoms in total. The number of hydrogen-bond acceptors (Lipinski definition) is 2. The van der Waals surface area contributed by atoms with Crippen molar-refractivity contribution in [3.05, 3.63) is 0 Å². The average molecular weight is 160 g/mol. The second-order valence-electron chi connectivity index (χ2n) is 2.60. The van der Waals surface area contributed by atoms with Crippen molar-refractivity contribution in [2.24, 2.45) is 0 Å². The normalized spacial score (nSPS) is 12.3. The molecule has 0 heterocycles. The molecule has 2 N–H and O–H groups in total. The van der Waals surface area contributed by atoms with E-state index < -0.39 is 0 Å². The SMILES string of the molecule is CC.CCNC(C)NC(C)C. The Bertz CT molecular complexity index is 62.6. The molecule has 0 aromatic rings. The van der Waals surface area contributed by atoms with Gasteiger partial charge >= 0.3 is 0 Å². The van der Waals surface area contributed by atoms with Crippen molar-refractivity contribution >= 4 is 0 Å². The summed E-state index contributed by atoms with van der Waals surface area (Å²) in [6.07, 6.45) is 0.440. The maximum absolute atomic E-state index is 3.33. The van der Waals surface area contributed by atoms with Crippen LogP contribution in [0, 0.1) is 0 Å². The van der Waals surface area contributed by atoms with Gasteiger partial charge in [0.05, 0.1) is 6.17 Å². The maximum Gasteiger partial charge on any atom is 0.0544 e. The first kappa shape index (κ1) is 13.5. The summed E-state index contributed by atoms with van der Waals surface area (Å²) in [5.41, 5.74) is 0. The molecule has 1 unspecified atom stereocenters. The molecule has 0 aliphatic carbocycles. The van der Waals surface area contributed by atoms with Crippen LogP contribution in [0.15, 0.2) is 0 Å². The molecule has 0 aliphatic rings. The van der Waals surface area contributed by atoms with E-state index in [9.17, 15) is 0 Å². The molecule has 0 rings (SSSR count). The summed E-state index contributed by atoms with van der Waals surface area (Å²) in [5, 5.41) is 6.60. The number of nitrogens with one attached hydrogen (secondary N) is 2. The molecule has 0 fully saturated rings. The Kier molecular flexibility index (Phi) is 12.2. The van der Waals surface area contributed by atoms with E-state index in [2.05, 4.69) is 38.3 Å². The lowest BCUT2D eigenvalue weighted by Gasteiger charge is -2.16. The van der Waals surface area contributed by atoms with Crippen LogP contribution in [0.2, 0.25) is 0 Å². The van der Waals surface area contributed by atoms with E-state index in [4.69, 9.17) is 0 Å². The summed E-state index contributed by atoms with van der Waals surface area (Å²) in [6.45, 7) is 13.6. The third-order valence-corrected chi connectivity index (χ3v) is 1.09. The van der Waals surface area contributed by atoms with Gasteiger partial charge < -0.3 is 5.32 Å². The second kappa shape index (κ2) is 9.92. The van der Waals surface area contributed by atoms with Gasteiger partial charge in [-0.1, -0.05) is 20.8 Å². The van der Waals surface area contributed by atoms with Crippen molar-refractivity contribution in [3.63, 3.8) is 0 Å². The Hall–Kier alpha value is -0.0800. The fraction of sp³-hybridized carbons (Fsp3) is 1.00. The summed E-state index contributed by atoms with van der Waals surface area (Å²) < 4.78 is 0. The van der Waals surface area contributed by atoms with Crippen LogP contribution in [0.1, 0.15) is 41.5 Å². The Morgan fingerprint density at radius 3 is 1.82 bits per heavy atom. The Morgan fingerprint density at radius 2 is 1.55 bits per heavy atom. The number of hydrogen-bond donors (Lipinski definition) is 2. The molecule has 1 atom stereocenters. The number of rotatable bonds is 4. The predicted molar refractivity (Wildman–Crippen MR) is 52.8 cm³/mol. The maximum atomic E-state index is 3.33. The largest absolute Gasteiger partial charge is 0.302 e. The van der Waals surface area contributed by atoms with E-state index in [1.165, 1.54) is 0 Å². The lowest BCUT2D eigenvalue weighted by Crippen LogP contribution is -2.42. The van der Waals surface area contributed by atoms with Gasteiger partial charge in [0, 0.05) is 6.04 Å². The molecular formula is C9H24N2. The molecule has 0 aromatic carbocycles. The summed E-state index contributed by atoms with van der Waals surface area (Å²) in [5.74, 6) is 0. The van der Waals surface area contributed by atoms with Crippen LogP contribution in [0.3, 0.4) is 0 Å². The molecule has 2 heteroatoms. The second-order valence-corrected chi connectivity index (χ2v) is 2.60. The third-order valence-electron chi connectivity index (χ3n) is 1.09. The van der Waals surface area contributed by atoms with E-state index in [0.29, 0.717) is 12.2 Å². The lowest BCUT2D eigenvalue weighted by molar-refractivity contribution is 0.426. The molecule has 0 amide bonds.